The molecule has 24 heavy (non-hydrogen) atoms. The average molecular weight is 329 g/mol. The molecule has 1 saturated heterocycles. The molecule has 2 aromatic rings. The molecule has 7 heteroatoms. The molecule has 0 spiro atoms. The minimum absolute atomic E-state index is 0.146. The number of rotatable bonds is 6. The number of nitrogens with zero attached hydrogens (tertiary/aromatic N) is 3. The lowest BCUT2D eigenvalue weighted by Gasteiger charge is -2.32. The Balaban J connectivity index is 1.51. The van der Waals surface area contributed by atoms with E-state index in [1.807, 2.05) is 23.1 Å². The van der Waals surface area contributed by atoms with Crippen LogP contribution in [-0.4, -0.2) is 52.2 Å². The molecule has 0 saturated carbocycles. The van der Waals surface area contributed by atoms with Crippen LogP contribution in [0.2, 0.25) is 0 Å². The zero-order valence-corrected chi connectivity index (χ0v) is 13.6. The van der Waals surface area contributed by atoms with Crippen LogP contribution in [0, 0.1) is 5.92 Å². The van der Waals surface area contributed by atoms with Crippen LogP contribution in [0.4, 0.5) is 0 Å². The number of pyridine rings is 1. The Bertz CT molecular complexity index is 642. The number of aromatic amines is 1. The largest absolute Gasteiger partial charge is 0.492 e. The Morgan fingerprint density at radius 1 is 1.42 bits per heavy atom. The summed E-state index contributed by atoms with van der Waals surface area (Å²) in [6.07, 6.45) is 5.93. The van der Waals surface area contributed by atoms with Crippen molar-refractivity contribution in [3.8, 4) is 17.1 Å². The van der Waals surface area contributed by atoms with Crippen molar-refractivity contribution < 1.29 is 9.53 Å². The van der Waals surface area contributed by atoms with Crippen LogP contribution < -0.4 is 10.5 Å². The number of likely N-dealkylation sites (tertiary alicyclic amines) is 1. The number of amides is 1. The molecule has 1 fully saturated rings. The lowest BCUT2D eigenvalue weighted by Crippen LogP contribution is -2.42. The SMILES string of the molecule is NCCC(=O)N1CCC[C@@H](COc2ccc(-c3ccn[nH]3)nc2)C1. The minimum Gasteiger partial charge on any atom is -0.492 e. The van der Waals surface area contributed by atoms with E-state index in [4.69, 9.17) is 10.5 Å². The van der Waals surface area contributed by atoms with Crippen molar-refractivity contribution in [2.24, 2.45) is 11.7 Å². The molecular formula is C17H23N5O2. The van der Waals surface area contributed by atoms with Gasteiger partial charge in [-0.3, -0.25) is 14.9 Å². The summed E-state index contributed by atoms with van der Waals surface area (Å²) in [5.41, 5.74) is 7.17. The van der Waals surface area contributed by atoms with E-state index < -0.39 is 0 Å². The maximum atomic E-state index is 12.0. The average Bonchev–Trinajstić information content (AvgIpc) is 3.15. The molecule has 3 rings (SSSR count). The molecule has 128 valence electrons. The Hall–Kier alpha value is -2.41. The van der Waals surface area contributed by atoms with Crippen molar-refractivity contribution in [1.82, 2.24) is 20.1 Å². The van der Waals surface area contributed by atoms with Gasteiger partial charge in [0, 0.05) is 38.2 Å². The Morgan fingerprint density at radius 2 is 2.33 bits per heavy atom. The molecule has 7 nitrogen and oxygen atoms in total. The highest BCUT2D eigenvalue weighted by Crippen LogP contribution is 2.20. The highest BCUT2D eigenvalue weighted by Gasteiger charge is 2.23. The molecule has 3 heterocycles. The first-order chi connectivity index (χ1) is 11.8. The van der Waals surface area contributed by atoms with Crippen molar-refractivity contribution in [2.75, 3.05) is 26.2 Å². The molecule has 0 radical (unpaired) electrons. The van der Waals surface area contributed by atoms with Gasteiger partial charge in [0.25, 0.3) is 0 Å². The van der Waals surface area contributed by atoms with Crippen molar-refractivity contribution in [3.63, 3.8) is 0 Å². The molecular weight excluding hydrogens is 306 g/mol. The van der Waals surface area contributed by atoms with Crippen LogP contribution in [0.5, 0.6) is 5.75 Å². The quantitative estimate of drug-likeness (QED) is 0.836. The highest BCUT2D eigenvalue weighted by atomic mass is 16.5. The zero-order chi connectivity index (χ0) is 16.8. The normalized spacial score (nSPS) is 17.7. The number of nitrogens with one attached hydrogen (secondary N) is 1. The third-order valence-electron chi connectivity index (χ3n) is 4.23. The second kappa shape index (κ2) is 7.92. The fourth-order valence-electron chi connectivity index (χ4n) is 2.95. The predicted molar refractivity (Wildman–Crippen MR) is 90.3 cm³/mol. The number of ether oxygens (including phenoxy) is 1. The third-order valence-corrected chi connectivity index (χ3v) is 4.23. The second-order valence-corrected chi connectivity index (χ2v) is 6.05. The van der Waals surface area contributed by atoms with Crippen LogP contribution in [0.15, 0.2) is 30.6 Å². The van der Waals surface area contributed by atoms with Gasteiger partial charge in [-0.05, 0) is 31.0 Å². The molecule has 1 atom stereocenters. The zero-order valence-electron chi connectivity index (χ0n) is 13.6. The van der Waals surface area contributed by atoms with E-state index in [0.29, 0.717) is 25.5 Å². The highest BCUT2D eigenvalue weighted by molar-refractivity contribution is 5.76. The lowest BCUT2D eigenvalue weighted by molar-refractivity contribution is -0.133. The van der Waals surface area contributed by atoms with E-state index >= 15 is 0 Å². The number of H-pyrrole nitrogens is 1. The Morgan fingerprint density at radius 3 is 3.04 bits per heavy atom. The number of hydrogen-bond acceptors (Lipinski definition) is 5. The van der Waals surface area contributed by atoms with Gasteiger partial charge in [-0.2, -0.15) is 5.10 Å². The van der Waals surface area contributed by atoms with E-state index in [1.54, 1.807) is 12.4 Å². The fourth-order valence-corrected chi connectivity index (χ4v) is 2.95. The van der Waals surface area contributed by atoms with E-state index in [1.165, 1.54) is 0 Å². The predicted octanol–water partition coefficient (Wildman–Crippen LogP) is 1.44. The summed E-state index contributed by atoms with van der Waals surface area (Å²) in [5, 5.41) is 6.80. The van der Waals surface area contributed by atoms with Crippen LogP contribution >= 0.6 is 0 Å². The molecule has 1 aliphatic rings. The van der Waals surface area contributed by atoms with Crippen molar-refractivity contribution in [1.29, 1.82) is 0 Å². The van der Waals surface area contributed by atoms with E-state index in [-0.39, 0.29) is 5.91 Å². The van der Waals surface area contributed by atoms with Gasteiger partial charge in [-0.1, -0.05) is 0 Å². The first kappa shape index (κ1) is 16.4. The van der Waals surface area contributed by atoms with Gasteiger partial charge in [0.1, 0.15) is 5.75 Å². The molecule has 0 unspecified atom stereocenters. The monoisotopic (exact) mass is 329 g/mol. The van der Waals surface area contributed by atoms with E-state index in [2.05, 4.69) is 15.2 Å². The molecule has 0 aromatic carbocycles. The van der Waals surface area contributed by atoms with Gasteiger partial charge in [-0.15, -0.1) is 0 Å². The molecule has 1 aliphatic heterocycles. The van der Waals surface area contributed by atoms with Gasteiger partial charge >= 0.3 is 0 Å². The Kier molecular flexibility index (Phi) is 5.43. The van der Waals surface area contributed by atoms with Crippen LogP contribution in [0.3, 0.4) is 0 Å². The van der Waals surface area contributed by atoms with Crippen molar-refractivity contribution >= 4 is 5.91 Å². The van der Waals surface area contributed by atoms with E-state index in [0.717, 1.165) is 43.1 Å². The first-order valence-electron chi connectivity index (χ1n) is 8.32. The van der Waals surface area contributed by atoms with Crippen molar-refractivity contribution in [2.45, 2.75) is 19.3 Å². The summed E-state index contributed by atoms with van der Waals surface area (Å²) in [6.45, 7) is 2.58. The van der Waals surface area contributed by atoms with Crippen molar-refractivity contribution in [3.05, 3.63) is 30.6 Å². The molecule has 0 aliphatic carbocycles. The fraction of sp³-hybridized carbons (Fsp3) is 0.471. The summed E-state index contributed by atoms with van der Waals surface area (Å²) in [4.78, 5) is 18.2. The standard InChI is InChI=1S/C17H23N5O2/c18-7-5-17(23)22-9-1-2-13(11-22)12-24-14-3-4-15(19-10-14)16-6-8-20-21-16/h3-4,6,8,10,13H,1-2,5,7,9,11-12,18H2,(H,20,21)/t13-/m1/s1. The maximum absolute atomic E-state index is 12.0. The van der Waals surface area contributed by atoms with Gasteiger partial charge in [0.2, 0.25) is 5.91 Å². The number of carbonyl (C=O) groups excluding carboxylic acids is 1. The molecule has 2 aromatic heterocycles. The topological polar surface area (TPSA) is 97.1 Å². The lowest BCUT2D eigenvalue weighted by atomic mass is 9.98. The summed E-state index contributed by atoms with van der Waals surface area (Å²) in [6, 6.07) is 5.68. The maximum Gasteiger partial charge on any atom is 0.223 e. The summed E-state index contributed by atoms with van der Waals surface area (Å²) >= 11 is 0. The summed E-state index contributed by atoms with van der Waals surface area (Å²) in [5.74, 6) is 1.24. The summed E-state index contributed by atoms with van der Waals surface area (Å²) < 4.78 is 5.85. The number of nitrogens with two attached hydrogens (primary N) is 1. The van der Waals surface area contributed by atoms with Crippen LogP contribution in [0.1, 0.15) is 19.3 Å². The minimum atomic E-state index is 0.146. The van der Waals surface area contributed by atoms with Gasteiger partial charge in [0.15, 0.2) is 0 Å². The molecule has 0 bridgehead atoms. The number of carbonyl (C=O) groups is 1. The Labute approximate surface area is 141 Å². The van der Waals surface area contributed by atoms with Gasteiger partial charge < -0.3 is 15.4 Å². The van der Waals surface area contributed by atoms with Gasteiger partial charge in [-0.25, -0.2) is 0 Å². The van der Waals surface area contributed by atoms with Crippen LogP contribution in [-0.2, 0) is 4.79 Å². The number of aromatic nitrogens is 3. The molecule has 1 amide bonds. The number of piperidine rings is 1. The van der Waals surface area contributed by atoms with Crippen LogP contribution in [0.25, 0.3) is 11.4 Å². The van der Waals surface area contributed by atoms with Gasteiger partial charge in [0.05, 0.1) is 24.2 Å². The molecule has 3 N–H and O–H groups in total. The summed E-state index contributed by atoms with van der Waals surface area (Å²) in [7, 11) is 0. The number of hydrogen-bond donors (Lipinski definition) is 2. The second-order valence-electron chi connectivity index (χ2n) is 6.05. The third kappa shape index (κ3) is 4.11. The first-order valence-corrected chi connectivity index (χ1v) is 8.32. The van der Waals surface area contributed by atoms with E-state index in [9.17, 15) is 4.79 Å². The smallest absolute Gasteiger partial charge is 0.223 e.